The molecule has 0 aromatic carbocycles. The van der Waals surface area contributed by atoms with E-state index in [9.17, 15) is 20.1 Å². The Balaban J connectivity index is 3.78. The Morgan fingerprint density at radius 1 is 0.581 bits per heavy atom. The van der Waals surface area contributed by atoms with E-state index < -0.39 is 18.2 Å². The largest absolute Gasteiger partial charge is 0.394 e. The van der Waals surface area contributed by atoms with Crippen LogP contribution in [-0.4, -0.2) is 46.1 Å². The first-order valence-corrected chi connectivity index (χ1v) is 18.3. The van der Waals surface area contributed by atoms with Crippen molar-refractivity contribution in [2.75, 3.05) is 6.61 Å². The fourth-order valence-corrected chi connectivity index (χ4v) is 5.28. The van der Waals surface area contributed by atoms with Gasteiger partial charge < -0.3 is 20.6 Å². The molecule has 0 fully saturated rings. The van der Waals surface area contributed by atoms with Crippen molar-refractivity contribution in [3.63, 3.8) is 0 Å². The van der Waals surface area contributed by atoms with Crippen LogP contribution in [0.15, 0.2) is 36.5 Å². The van der Waals surface area contributed by atoms with E-state index in [1.807, 2.05) is 6.08 Å². The molecule has 3 unspecified atom stereocenters. The molecule has 5 nitrogen and oxygen atoms in total. The lowest BCUT2D eigenvalue weighted by Crippen LogP contribution is -2.45. The molecule has 0 radical (unpaired) electrons. The van der Waals surface area contributed by atoms with Gasteiger partial charge in [-0.15, -0.1) is 0 Å². The van der Waals surface area contributed by atoms with Gasteiger partial charge in [-0.1, -0.05) is 153 Å². The smallest absolute Gasteiger partial charge is 0.222 e. The van der Waals surface area contributed by atoms with Crippen molar-refractivity contribution in [2.24, 2.45) is 0 Å². The van der Waals surface area contributed by atoms with Crippen LogP contribution < -0.4 is 5.32 Å². The number of allylic oxidation sites excluding steroid dienone is 5. The third-order valence-corrected chi connectivity index (χ3v) is 8.15. The molecule has 0 aliphatic heterocycles. The number of nitrogens with one attached hydrogen (secondary N) is 1. The molecule has 5 heteroatoms. The molecule has 4 N–H and O–H groups in total. The number of hydrogen-bond donors (Lipinski definition) is 4. The van der Waals surface area contributed by atoms with Gasteiger partial charge in [0, 0.05) is 0 Å². The quantitative estimate of drug-likeness (QED) is 0.0454. The summed E-state index contributed by atoms with van der Waals surface area (Å²) in [5, 5.41) is 32.9. The van der Waals surface area contributed by atoms with Gasteiger partial charge in [0.05, 0.1) is 31.3 Å². The average Bonchev–Trinajstić information content (AvgIpc) is 3.00. The lowest BCUT2D eigenvalue weighted by molar-refractivity contribution is -0.124. The number of rotatable bonds is 32. The molecule has 0 spiro atoms. The minimum absolute atomic E-state index is 0.00605. The van der Waals surface area contributed by atoms with E-state index in [1.165, 1.54) is 96.3 Å². The van der Waals surface area contributed by atoms with Gasteiger partial charge in [0.25, 0.3) is 0 Å². The van der Waals surface area contributed by atoms with Crippen molar-refractivity contribution in [3.05, 3.63) is 36.5 Å². The third kappa shape index (κ3) is 30.4. The second-order valence-corrected chi connectivity index (χ2v) is 12.5. The first kappa shape index (κ1) is 41.6. The summed E-state index contributed by atoms with van der Waals surface area (Å²) in [6.45, 7) is 4.12. The zero-order valence-corrected chi connectivity index (χ0v) is 28.3. The summed E-state index contributed by atoms with van der Waals surface area (Å²) in [6.07, 6.45) is 39.9. The fraction of sp³-hybridized carbons (Fsp3) is 0.816. The van der Waals surface area contributed by atoms with Crippen molar-refractivity contribution in [1.29, 1.82) is 0 Å². The van der Waals surface area contributed by atoms with Crippen LogP contribution >= 0.6 is 0 Å². The van der Waals surface area contributed by atoms with E-state index >= 15 is 0 Å². The van der Waals surface area contributed by atoms with Crippen LogP contribution in [-0.2, 0) is 4.79 Å². The molecule has 0 aromatic heterocycles. The lowest BCUT2D eigenvalue weighted by atomic mass is 10.0. The highest BCUT2D eigenvalue weighted by Gasteiger charge is 2.20. The predicted octanol–water partition coefficient (Wildman–Crippen LogP) is 9.65. The first-order chi connectivity index (χ1) is 21.0. The topological polar surface area (TPSA) is 89.8 Å². The molecule has 0 aliphatic carbocycles. The standard InChI is InChI=1S/C38H71NO4/c1-3-5-7-9-11-13-14-15-16-17-18-19-20-21-22-24-26-28-30-32-37(42)36(34-40)39-38(43)33-35(41)31-29-27-25-23-12-10-8-6-4-2/h10,12,22,24,30,32,35-37,40-42H,3-9,11,13-21,23,25-29,31,33-34H2,1-2H3,(H,39,43)/b12-10-,24-22+,32-30+. The Hall–Kier alpha value is -1.43. The van der Waals surface area contributed by atoms with Gasteiger partial charge in [0.15, 0.2) is 0 Å². The van der Waals surface area contributed by atoms with E-state index in [0.29, 0.717) is 6.42 Å². The Labute approximate surface area is 266 Å². The predicted molar refractivity (Wildman–Crippen MR) is 185 cm³/mol. The number of hydrogen-bond acceptors (Lipinski definition) is 4. The second-order valence-electron chi connectivity index (χ2n) is 12.5. The molecular weight excluding hydrogens is 534 g/mol. The highest BCUT2D eigenvalue weighted by Crippen LogP contribution is 2.13. The fourth-order valence-electron chi connectivity index (χ4n) is 5.28. The van der Waals surface area contributed by atoms with Crippen LogP contribution in [0, 0.1) is 0 Å². The third-order valence-electron chi connectivity index (χ3n) is 8.15. The maximum atomic E-state index is 12.3. The lowest BCUT2D eigenvalue weighted by Gasteiger charge is -2.20. The molecule has 0 aliphatic rings. The van der Waals surface area contributed by atoms with Crippen molar-refractivity contribution < 1.29 is 20.1 Å². The first-order valence-electron chi connectivity index (χ1n) is 18.3. The molecule has 0 saturated heterocycles. The van der Waals surface area contributed by atoms with Gasteiger partial charge in [-0.05, 0) is 51.4 Å². The Morgan fingerprint density at radius 3 is 1.56 bits per heavy atom. The van der Waals surface area contributed by atoms with Crippen LogP contribution in [0.4, 0.5) is 0 Å². The zero-order valence-electron chi connectivity index (χ0n) is 28.3. The number of aliphatic hydroxyl groups is 3. The van der Waals surface area contributed by atoms with Crippen LogP contribution in [0.3, 0.4) is 0 Å². The molecule has 0 aromatic rings. The van der Waals surface area contributed by atoms with Gasteiger partial charge in [-0.3, -0.25) is 4.79 Å². The van der Waals surface area contributed by atoms with Crippen molar-refractivity contribution >= 4 is 5.91 Å². The van der Waals surface area contributed by atoms with Gasteiger partial charge in [-0.25, -0.2) is 0 Å². The maximum absolute atomic E-state index is 12.3. The molecular formula is C38H71NO4. The zero-order chi connectivity index (χ0) is 31.6. The van der Waals surface area contributed by atoms with Crippen LogP contribution in [0.5, 0.6) is 0 Å². The normalized spacial score (nSPS) is 14.3. The Kier molecular flexibility index (Phi) is 32.3. The number of carbonyl (C=O) groups excluding carboxylic acids is 1. The van der Waals surface area contributed by atoms with Crippen LogP contribution in [0.2, 0.25) is 0 Å². The number of carbonyl (C=O) groups is 1. The summed E-state index contributed by atoms with van der Waals surface area (Å²) >= 11 is 0. The monoisotopic (exact) mass is 606 g/mol. The van der Waals surface area contributed by atoms with E-state index in [2.05, 4.69) is 43.5 Å². The highest BCUT2D eigenvalue weighted by atomic mass is 16.3. The molecule has 43 heavy (non-hydrogen) atoms. The SMILES string of the molecule is CCCC/C=C\CCCCCC(O)CC(=O)NC(CO)C(O)/C=C/CC/C=C/CCCCCCCCCCCCCCC. The average molecular weight is 606 g/mol. The Morgan fingerprint density at radius 2 is 1.02 bits per heavy atom. The van der Waals surface area contributed by atoms with Crippen molar-refractivity contribution in [3.8, 4) is 0 Å². The molecule has 252 valence electrons. The van der Waals surface area contributed by atoms with Crippen molar-refractivity contribution in [1.82, 2.24) is 5.32 Å². The number of aliphatic hydroxyl groups excluding tert-OH is 3. The van der Waals surface area contributed by atoms with Gasteiger partial charge in [-0.2, -0.15) is 0 Å². The van der Waals surface area contributed by atoms with E-state index in [-0.39, 0.29) is 18.9 Å². The Bertz CT molecular complexity index is 675. The van der Waals surface area contributed by atoms with Crippen molar-refractivity contribution in [2.45, 2.75) is 193 Å². The summed E-state index contributed by atoms with van der Waals surface area (Å²) < 4.78 is 0. The maximum Gasteiger partial charge on any atom is 0.222 e. The molecule has 0 bridgehead atoms. The molecule has 0 saturated carbocycles. The molecule has 0 rings (SSSR count). The minimum Gasteiger partial charge on any atom is -0.394 e. The summed E-state index contributed by atoms with van der Waals surface area (Å²) in [4.78, 5) is 12.3. The summed E-state index contributed by atoms with van der Waals surface area (Å²) in [6, 6.07) is -0.762. The molecule has 1 amide bonds. The number of unbranched alkanes of at least 4 members (excludes halogenated alkanes) is 19. The number of amides is 1. The van der Waals surface area contributed by atoms with Gasteiger partial charge in [0.2, 0.25) is 5.91 Å². The van der Waals surface area contributed by atoms with Gasteiger partial charge in [0.1, 0.15) is 0 Å². The van der Waals surface area contributed by atoms with E-state index in [1.54, 1.807) is 6.08 Å². The summed E-state index contributed by atoms with van der Waals surface area (Å²) in [7, 11) is 0. The highest BCUT2D eigenvalue weighted by molar-refractivity contribution is 5.76. The molecule has 0 heterocycles. The van der Waals surface area contributed by atoms with Crippen LogP contribution in [0.1, 0.15) is 174 Å². The minimum atomic E-state index is -0.953. The molecule has 3 atom stereocenters. The summed E-state index contributed by atoms with van der Waals surface area (Å²) in [5.74, 6) is -0.339. The summed E-state index contributed by atoms with van der Waals surface area (Å²) in [5.41, 5.74) is 0. The second kappa shape index (κ2) is 33.5. The van der Waals surface area contributed by atoms with Gasteiger partial charge >= 0.3 is 0 Å². The van der Waals surface area contributed by atoms with Crippen LogP contribution in [0.25, 0.3) is 0 Å². The van der Waals surface area contributed by atoms with E-state index in [4.69, 9.17) is 0 Å². The van der Waals surface area contributed by atoms with E-state index in [0.717, 1.165) is 51.4 Å².